The summed E-state index contributed by atoms with van der Waals surface area (Å²) in [5, 5.41) is 12.2. The van der Waals surface area contributed by atoms with Crippen LogP contribution in [-0.4, -0.2) is 20.0 Å². The van der Waals surface area contributed by atoms with Gasteiger partial charge in [0.05, 0.1) is 17.9 Å². The highest BCUT2D eigenvalue weighted by atomic mass is 35.5. The van der Waals surface area contributed by atoms with Crippen molar-refractivity contribution >= 4 is 22.9 Å². The monoisotopic (exact) mass is 346 g/mol. The number of benzene rings is 1. The van der Waals surface area contributed by atoms with Gasteiger partial charge in [-0.05, 0) is 25.0 Å². The molecule has 0 unspecified atom stereocenters. The Morgan fingerprint density at radius 1 is 1.13 bits per heavy atom. The van der Waals surface area contributed by atoms with Gasteiger partial charge in [-0.25, -0.2) is 9.67 Å². The molecule has 0 spiro atoms. The van der Waals surface area contributed by atoms with Crippen molar-refractivity contribution in [1.29, 1.82) is 0 Å². The third kappa shape index (κ3) is 4.39. The minimum absolute atomic E-state index is 0.658. The quantitative estimate of drug-likeness (QED) is 0.575. The normalized spacial score (nSPS) is 11.0. The van der Waals surface area contributed by atoms with E-state index in [1.165, 1.54) is 19.3 Å². The number of hydrogen-bond acceptors (Lipinski definition) is 4. The fourth-order valence-electron chi connectivity index (χ4n) is 2.36. The average molecular weight is 347 g/mol. The van der Waals surface area contributed by atoms with Crippen LogP contribution in [0, 0.1) is 0 Å². The van der Waals surface area contributed by atoms with Gasteiger partial charge in [-0.2, -0.15) is 0 Å². The van der Waals surface area contributed by atoms with Crippen LogP contribution in [0.25, 0.3) is 10.6 Å². The molecule has 0 atom stereocenters. The van der Waals surface area contributed by atoms with E-state index in [1.807, 2.05) is 35.1 Å². The predicted molar refractivity (Wildman–Crippen MR) is 94.9 cm³/mol. The number of halogens is 1. The summed E-state index contributed by atoms with van der Waals surface area (Å²) < 4.78 is 1.86. The van der Waals surface area contributed by atoms with Gasteiger partial charge in [0.25, 0.3) is 0 Å². The van der Waals surface area contributed by atoms with Gasteiger partial charge < -0.3 is 0 Å². The highest BCUT2D eigenvalue weighted by Crippen LogP contribution is 2.25. The molecule has 0 aliphatic rings. The first-order valence-corrected chi connectivity index (χ1v) is 9.09. The van der Waals surface area contributed by atoms with E-state index >= 15 is 0 Å². The van der Waals surface area contributed by atoms with Crippen molar-refractivity contribution in [2.45, 2.75) is 39.2 Å². The maximum atomic E-state index is 5.92. The largest absolute Gasteiger partial charge is 0.246 e. The predicted octanol–water partition coefficient (Wildman–Crippen LogP) is 4.84. The first-order chi connectivity index (χ1) is 11.2. The van der Waals surface area contributed by atoms with Gasteiger partial charge in [-0.1, -0.05) is 48.7 Å². The van der Waals surface area contributed by atoms with Crippen LogP contribution in [0.3, 0.4) is 0 Å². The van der Waals surface area contributed by atoms with Crippen LogP contribution in [0.15, 0.2) is 35.8 Å². The molecule has 0 fully saturated rings. The Hall–Kier alpha value is -1.72. The lowest BCUT2D eigenvalue weighted by molar-refractivity contribution is 0.640. The van der Waals surface area contributed by atoms with Crippen molar-refractivity contribution in [3.63, 3.8) is 0 Å². The maximum Gasteiger partial charge on any atom is 0.123 e. The summed E-state index contributed by atoms with van der Waals surface area (Å²) in [6.07, 6.45) is 6.66. The molecule has 23 heavy (non-hydrogen) atoms. The summed E-state index contributed by atoms with van der Waals surface area (Å²) >= 11 is 7.56. The molecule has 120 valence electrons. The first-order valence-electron chi connectivity index (χ1n) is 7.84. The highest BCUT2D eigenvalue weighted by molar-refractivity contribution is 7.13. The molecular formula is C17H19ClN4S. The van der Waals surface area contributed by atoms with Gasteiger partial charge in [0.15, 0.2) is 0 Å². The molecule has 0 saturated heterocycles. The molecule has 0 saturated carbocycles. The van der Waals surface area contributed by atoms with Crippen molar-refractivity contribution in [2.24, 2.45) is 0 Å². The van der Waals surface area contributed by atoms with E-state index in [1.54, 1.807) is 11.3 Å². The molecule has 0 radical (unpaired) electrons. The van der Waals surface area contributed by atoms with Crippen LogP contribution in [0.2, 0.25) is 5.02 Å². The third-order valence-corrected chi connectivity index (χ3v) is 4.78. The summed E-state index contributed by atoms with van der Waals surface area (Å²) in [5.41, 5.74) is 3.15. The number of nitrogens with zero attached hydrogens (tertiary/aromatic N) is 4. The van der Waals surface area contributed by atoms with Crippen molar-refractivity contribution < 1.29 is 0 Å². The number of hydrogen-bond donors (Lipinski definition) is 0. The molecule has 6 heteroatoms. The standard InChI is InChI=1S/C17H19ClN4S/c1-2-3-4-5-15-10-22(21-20-15)11-16-12-23-17(19-16)13-6-8-14(18)9-7-13/h6-10,12H,2-5,11H2,1H3. The molecule has 4 nitrogen and oxygen atoms in total. The summed E-state index contributed by atoms with van der Waals surface area (Å²) in [5.74, 6) is 0. The number of rotatable bonds is 7. The van der Waals surface area contributed by atoms with Gasteiger partial charge in [0.1, 0.15) is 5.01 Å². The van der Waals surface area contributed by atoms with Crippen molar-refractivity contribution in [1.82, 2.24) is 20.0 Å². The second-order valence-corrected chi connectivity index (χ2v) is 6.81. The second-order valence-electron chi connectivity index (χ2n) is 5.52. The molecule has 0 aliphatic heterocycles. The van der Waals surface area contributed by atoms with Crippen LogP contribution < -0.4 is 0 Å². The minimum Gasteiger partial charge on any atom is -0.246 e. The zero-order valence-electron chi connectivity index (χ0n) is 13.1. The Kier molecular flexibility index (Phi) is 5.41. The van der Waals surface area contributed by atoms with E-state index in [4.69, 9.17) is 11.6 Å². The lowest BCUT2D eigenvalue weighted by atomic mass is 10.2. The smallest absolute Gasteiger partial charge is 0.123 e. The van der Waals surface area contributed by atoms with E-state index in [2.05, 4.69) is 27.6 Å². The zero-order chi connectivity index (χ0) is 16.1. The fraction of sp³-hybridized carbons (Fsp3) is 0.353. The Balaban J connectivity index is 1.64. The maximum absolute atomic E-state index is 5.92. The van der Waals surface area contributed by atoms with Crippen LogP contribution in [0.1, 0.15) is 37.6 Å². The number of aromatic nitrogens is 4. The average Bonchev–Trinajstić information content (AvgIpc) is 3.19. The SMILES string of the molecule is CCCCCc1cn(Cc2csc(-c3ccc(Cl)cc3)n2)nn1. The second kappa shape index (κ2) is 7.70. The Bertz CT molecular complexity index is 748. The number of thiazole rings is 1. The summed E-state index contributed by atoms with van der Waals surface area (Å²) in [7, 11) is 0. The zero-order valence-corrected chi connectivity index (χ0v) is 14.6. The number of unbranched alkanes of at least 4 members (excludes halogenated alkanes) is 2. The molecule has 1 aromatic carbocycles. The van der Waals surface area contributed by atoms with Crippen LogP contribution in [-0.2, 0) is 13.0 Å². The van der Waals surface area contributed by atoms with Crippen molar-refractivity contribution in [3.8, 4) is 10.6 Å². The van der Waals surface area contributed by atoms with E-state index in [0.717, 1.165) is 33.4 Å². The molecular weight excluding hydrogens is 328 g/mol. The van der Waals surface area contributed by atoms with Gasteiger partial charge in [0.2, 0.25) is 0 Å². The molecule has 0 N–H and O–H groups in total. The summed E-state index contributed by atoms with van der Waals surface area (Å²) in [6.45, 7) is 2.86. The summed E-state index contributed by atoms with van der Waals surface area (Å²) in [6, 6.07) is 7.76. The van der Waals surface area contributed by atoms with Crippen LogP contribution in [0.5, 0.6) is 0 Å². The first kappa shape index (κ1) is 16.1. The van der Waals surface area contributed by atoms with Crippen molar-refractivity contribution in [2.75, 3.05) is 0 Å². The Morgan fingerprint density at radius 3 is 2.74 bits per heavy atom. The Labute approximate surface area is 145 Å². The Morgan fingerprint density at radius 2 is 1.96 bits per heavy atom. The molecule has 3 rings (SSSR count). The molecule has 2 aromatic heterocycles. The van der Waals surface area contributed by atoms with Gasteiger partial charge in [0, 0.05) is 22.2 Å². The van der Waals surface area contributed by atoms with Gasteiger partial charge in [-0.3, -0.25) is 0 Å². The highest BCUT2D eigenvalue weighted by Gasteiger charge is 2.07. The molecule has 3 aromatic rings. The lowest BCUT2D eigenvalue weighted by Crippen LogP contribution is -2.00. The van der Waals surface area contributed by atoms with Gasteiger partial charge >= 0.3 is 0 Å². The van der Waals surface area contributed by atoms with Gasteiger partial charge in [-0.15, -0.1) is 16.4 Å². The van der Waals surface area contributed by atoms with Crippen LogP contribution in [0.4, 0.5) is 0 Å². The molecule has 0 bridgehead atoms. The van der Waals surface area contributed by atoms with Crippen LogP contribution >= 0.6 is 22.9 Å². The fourth-order valence-corrected chi connectivity index (χ4v) is 3.30. The van der Waals surface area contributed by atoms with E-state index in [0.29, 0.717) is 6.54 Å². The van der Waals surface area contributed by atoms with Crippen molar-refractivity contribution in [3.05, 3.63) is 52.3 Å². The molecule has 2 heterocycles. The summed E-state index contributed by atoms with van der Waals surface area (Å²) in [4.78, 5) is 4.68. The third-order valence-electron chi connectivity index (χ3n) is 3.59. The topological polar surface area (TPSA) is 43.6 Å². The molecule has 0 amide bonds. The van der Waals surface area contributed by atoms with E-state index in [9.17, 15) is 0 Å². The van der Waals surface area contributed by atoms with E-state index in [-0.39, 0.29) is 0 Å². The minimum atomic E-state index is 0.658. The number of aryl methyl sites for hydroxylation is 1. The molecule has 0 aliphatic carbocycles. The van der Waals surface area contributed by atoms with E-state index < -0.39 is 0 Å². The lowest BCUT2D eigenvalue weighted by Gasteiger charge is -1.97.